The zero-order valence-electron chi connectivity index (χ0n) is 15.3. The third kappa shape index (κ3) is 3.62. The number of nitrogens with zero attached hydrogens (tertiary/aromatic N) is 1. The minimum absolute atomic E-state index is 0.135. The average Bonchev–Trinajstić information content (AvgIpc) is 3.15. The van der Waals surface area contributed by atoms with E-state index in [0.717, 1.165) is 16.6 Å². The maximum absolute atomic E-state index is 12.5. The molecule has 0 radical (unpaired) electrons. The van der Waals surface area contributed by atoms with Gasteiger partial charge in [0.05, 0.1) is 5.69 Å². The Bertz CT molecular complexity index is 1090. The van der Waals surface area contributed by atoms with Crippen molar-refractivity contribution in [1.82, 2.24) is 4.98 Å². The Balaban J connectivity index is 1.56. The van der Waals surface area contributed by atoms with E-state index < -0.39 is 0 Å². The summed E-state index contributed by atoms with van der Waals surface area (Å²) in [6, 6.07) is 22.2. The fourth-order valence-corrected chi connectivity index (χ4v) is 3.80. The third-order valence-electron chi connectivity index (χ3n) is 4.63. The van der Waals surface area contributed by atoms with Gasteiger partial charge in [-0.05, 0) is 34.4 Å². The normalized spacial score (nSPS) is 11.1. The fourth-order valence-electron chi connectivity index (χ4n) is 3.09. The van der Waals surface area contributed by atoms with Crippen molar-refractivity contribution in [3.8, 4) is 11.3 Å². The van der Waals surface area contributed by atoms with E-state index in [0.29, 0.717) is 16.6 Å². The molecule has 0 fully saturated rings. The van der Waals surface area contributed by atoms with Crippen molar-refractivity contribution in [1.29, 1.82) is 0 Å². The Kier molecular flexibility index (Phi) is 4.73. The number of thiazole rings is 1. The van der Waals surface area contributed by atoms with E-state index in [9.17, 15) is 4.79 Å². The maximum Gasteiger partial charge on any atom is 0.257 e. The molecule has 0 saturated carbocycles. The molecule has 0 aliphatic rings. The minimum Gasteiger partial charge on any atom is -0.298 e. The van der Waals surface area contributed by atoms with Gasteiger partial charge in [-0.3, -0.25) is 10.1 Å². The predicted molar refractivity (Wildman–Crippen MR) is 114 cm³/mol. The van der Waals surface area contributed by atoms with Gasteiger partial charge < -0.3 is 0 Å². The summed E-state index contributed by atoms with van der Waals surface area (Å²) in [5, 5.41) is 7.85. The van der Waals surface area contributed by atoms with Crippen molar-refractivity contribution >= 4 is 33.1 Å². The first-order valence-electron chi connectivity index (χ1n) is 8.97. The van der Waals surface area contributed by atoms with Gasteiger partial charge in [0.2, 0.25) is 0 Å². The summed E-state index contributed by atoms with van der Waals surface area (Å²) in [6.45, 7) is 4.28. The van der Waals surface area contributed by atoms with Crippen molar-refractivity contribution in [2.75, 3.05) is 5.32 Å². The molecule has 1 heterocycles. The summed E-state index contributed by atoms with van der Waals surface area (Å²) in [7, 11) is 0. The summed E-state index contributed by atoms with van der Waals surface area (Å²) < 4.78 is 0. The standard InChI is InChI=1S/C23H20N2OS/c1-15(2)16-10-12-18(13-11-16)22(26)25-23-24-21(14-27-23)20-9-5-7-17-6-3-4-8-19(17)20/h3-15H,1-2H3,(H,24,25,26). The van der Waals surface area contributed by atoms with Crippen molar-refractivity contribution < 1.29 is 4.79 Å². The van der Waals surface area contributed by atoms with Crippen LogP contribution in [0.2, 0.25) is 0 Å². The highest BCUT2D eigenvalue weighted by Gasteiger charge is 2.12. The average molecular weight is 372 g/mol. The van der Waals surface area contributed by atoms with Gasteiger partial charge >= 0.3 is 0 Å². The Labute approximate surface area is 162 Å². The van der Waals surface area contributed by atoms with Crippen molar-refractivity contribution in [2.45, 2.75) is 19.8 Å². The second-order valence-electron chi connectivity index (χ2n) is 6.80. The molecule has 0 unspecified atom stereocenters. The number of hydrogen-bond acceptors (Lipinski definition) is 3. The molecule has 4 rings (SSSR count). The summed E-state index contributed by atoms with van der Waals surface area (Å²) >= 11 is 1.44. The molecular formula is C23H20N2OS. The van der Waals surface area contributed by atoms with Crippen molar-refractivity contribution in [2.24, 2.45) is 0 Å². The number of nitrogens with one attached hydrogen (secondary N) is 1. The maximum atomic E-state index is 12.5. The van der Waals surface area contributed by atoms with E-state index in [4.69, 9.17) is 0 Å². The van der Waals surface area contributed by atoms with E-state index in [2.05, 4.69) is 48.4 Å². The number of carbonyl (C=O) groups excluding carboxylic acids is 1. The highest BCUT2D eigenvalue weighted by Crippen LogP contribution is 2.31. The van der Waals surface area contributed by atoms with E-state index in [-0.39, 0.29) is 5.91 Å². The largest absolute Gasteiger partial charge is 0.298 e. The Hall–Kier alpha value is -2.98. The summed E-state index contributed by atoms with van der Waals surface area (Å²) in [6.07, 6.45) is 0. The highest BCUT2D eigenvalue weighted by molar-refractivity contribution is 7.14. The number of aromatic nitrogens is 1. The molecule has 134 valence electrons. The predicted octanol–water partition coefficient (Wildman–Crippen LogP) is 6.34. The molecule has 1 amide bonds. The van der Waals surface area contributed by atoms with Gasteiger partial charge in [0.15, 0.2) is 5.13 Å². The Morgan fingerprint density at radius 3 is 2.48 bits per heavy atom. The Morgan fingerprint density at radius 2 is 1.70 bits per heavy atom. The first-order chi connectivity index (χ1) is 13.1. The first-order valence-corrected chi connectivity index (χ1v) is 9.85. The molecular weight excluding hydrogens is 352 g/mol. The van der Waals surface area contributed by atoms with E-state index >= 15 is 0 Å². The SMILES string of the molecule is CC(C)c1ccc(C(=O)Nc2nc(-c3cccc4ccccc34)cs2)cc1. The molecule has 1 N–H and O–H groups in total. The third-order valence-corrected chi connectivity index (χ3v) is 5.39. The second-order valence-corrected chi connectivity index (χ2v) is 7.65. The van der Waals surface area contributed by atoms with Crippen LogP contribution in [-0.4, -0.2) is 10.9 Å². The molecule has 0 atom stereocenters. The monoisotopic (exact) mass is 372 g/mol. The van der Waals surface area contributed by atoms with Gasteiger partial charge in [0, 0.05) is 16.5 Å². The van der Waals surface area contributed by atoms with Crippen molar-refractivity contribution in [3.05, 3.63) is 83.2 Å². The highest BCUT2D eigenvalue weighted by atomic mass is 32.1. The van der Waals surface area contributed by atoms with Crippen LogP contribution in [-0.2, 0) is 0 Å². The van der Waals surface area contributed by atoms with Crippen LogP contribution in [0.4, 0.5) is 5.13 Å². The molecule has 0 spiro atoms. The number of fused-ring (bicyclic) bond motifs is 1. The number of amides is 1. The second kappa shape index (κ2) is 7.33. The zero-order chi connectivity index (χ0) is 18.8. The van der Waals surface area contributed by atoms with Gasteiger partial charge in [0.25, 0.3) is 5.91 Å². The molecule has 3 nitrogen and oxygen atoms in total. The lowest BCUT2D eigenvalue weighted by Crippen LogP contribution is -2.11. The topological polar surface area (TPSA) is 42.0 Å². The quantitative estimate of drug-likeness (QED) is 0.454. The van der Waals surface area contributed by atoms with Crippen LogP contribution in [0.1, 0.15) is 35.7 Å². The molecule has 3 aromatic carbocycles. The fraction of sp³-hybridized carbons (Fsp3) is 0.130. The number of carbonyl (C=O) groups is 1. The van der Waals surface area contributed by atoms with Crippen LogP contribution < -0.4 is 5.32 Å². The van der Waals surface area contributed by atoms with Crippen LogP contribution in [0.15, 0.2) is 72.1 Å². The lowest BCUT2D eigenvalue weighted by atomic mass is 10.0. The zero-order valence-corrected chi connectivity index (χ0v) is 16.1. The van der Waals surface area contributed by atoms with E-state index in [1.54, 1.807) is 0 Å². The van der Waals surface area contributed by atoms with Gasteiger partial charge in [0.1, 0.15) is 0 Å². The van der Waals surface area contributed by atoms with E-state index in [1.165, 1.54) is 22.3 Å². The molecule has 0 saturated heterocycles. The summed E-state index contributed by atoms with van der Waals surface area (Å²) in [5.74, 6) is 0.313. The lowest BCUT2D eigenvalue weighted by molar-refractivity contribution is 0.102. The van der Waals surface area contributed by atoms with Crippen LogP contribution >= 0.6 is 11.3 Å². The van der Waals surface area contributed by atoms with E-state index in [1.807, 2.05) is 47.8 Å². The molecule has 4 aromatic rings. The van der Waals surface area contributed by atoms with Gasteiger partial charge in [-0.1, -0.05) is 68.4 Å². The summed E-state index contributed by atoms with van der Waals surface area (Å²) in [5.41, 5.74) is 3.81. The molecule has 0 aliphatic heterocycles. The molecule has 4 heteroatoms. The van der Waals surface area contributed by atoms with Gasteiger partial charge in [-0.25, -0.2) is 4.98 Å². The first kappa shape index (κ1) is 17.4. The number of anilines is 1. The summed E-state index contributed by atoms with van der Waals surface area (Å²) in [4.78, 5) is 17.1. The Morgan fingerprint density at radius 1 is 0.963 bits per heavy atom. The molecule has 27 heavy (non-hydrogen) atoms. The number of hydrogen-bond donors (Lipinski definition) is 1. The minimum atomic E-state index is -0.135. The van der Waals surface area contributed by atoms with Crippen LogP contribution in [0.3, 0.4) is 0 Å². The number of rotatable bonds is 4. The van der Waals surface area contributed by atoms with Crippen LogP contribution in [0.25, 0.3) is 22.0 Å². The molecule has 1 aromatic heterocycles. The molecule has 0 bridgehead atoms. The smallest absolute Gasteiger partial charge is 0.257 e. The number of benzene rings is 3. The van der Waals surface area contributed by atoms with Crippen molar-refractivity contribution in [3.63, 3.8) is 0 Å². The molecule has 0 aliphatic carbocycles. The van der Waals surface area contributed by atoms with Crippen LogP contribution in [0.5, 0.6) is 0 Å². The van der Waals surface area contributed by atoms with Crippen LogP contribution in [0, 0.1) is 0 Å². The lowest BCUT2D eigenvalue weighted by Gasteiger charge is -2.06. The van der Waals surface area contributed by atoms with Gasteiger partial charge in [-0.15, -0.1) is 11.3 Å². The van der Waals surface area contributed by atoms with Gasteiger partial charge in [-0.2, -0.15) is 0 Å².